The van der Waals surface area contributed by atoms with Gasteiger partial charge in [-0.3, -0.25) is 4.98 Å². The van der Waals surface area contributed by atoms with Crippen molar-refractivity contribution in [1.29, 1.82) is 0 Å². The third-order valence-corrected chi connectivity index (χ3v) is 3.47. The van der Waals surface area contributed by atoms with Gasteiger partial charge >= 0.3 is 0 Å². The smallest absolute Gasteiger partial charge is 0.202 e. The number of nitrogens with zero attached hydrogens (tertiary/aromatic N) is 1. The normalized spacial score (nSPS) is 10.7. The predicted molar refractivity (Wildman–Crippen MR) is 83.5 cm³/mol. The molecule has 0 amide bonds. The van der Waals surface area contributed by atoms with E-state index >= 15 is 0 Å². The molecule has 0 aliphatic heterocycles. The molecular weight excluding hydrogens is 243 g/mol. The van der Waals surface area contributed by atoms with E-state index in [2.05, 4.69) is 77.9 Å². The molecule has 0 saturated carbocycles. The molecule has 20 heavy (non-hydrogen) atoms. The fourth-order valence-electron chi connectivity index (χ4n) is 2.45. The standard InChI is InChI=1S/C17H16BN2/c1-3-7-14(8-4-1)16(15-9-5-2-6-10-15)13-18-17-19-11-12-20-17/h1-12,16H,13H2,(H,19,20). The minimum atomic E-state index is 0.363. The first-order chi connectivity index (χ1) is 9.93. The van der Waals surface area contributed by atoms with Gasteiger partial charge in [-0.05, 0) is 11.1 Å². The van der Waals surface area contributed by atoms with Gasteiger partial charge in [0, 0.05) is 18.3 Å². The Bertz CT molecular complexity index is 581. The summed E-state index contributed by atoms with van der Waals surface area (Å²) in [4.78, 5) is 7.39. The zero-order valence-corrected chi connectivity index (χ0v) is 11.2. The van der Waals surface area contributed by atoms with Crippen LogP contribution >= 0.6 is 0 Å². The number of hydrogen-bond donors (Lipinski definition) is 1. The van der Waals surface area contributed by atoms with Gasteiger partial charge in [0.1, 0.15) is 0 Å². The fraction of sp³-hybridized carbons (Fsp3) is 0.118. The van der Waals surface area contributed by atoms with Crippen LogP contribution in [0.2, 0.25) is 6.32 Å². The number of aromatic nitrogens is 2. The zero-order chi connectivity index (χ0) is 13.6. The second-order valence-corrected chi connectivity index (χ2v) is 4.79. The molecule has 0 aliphatic carbocycles. The molecule has 1 heterocycles. The lowest BCUT2D eigenvalue weighted by atomic mass is 9.66. The highest BCUT2D eigenvalue weighted by Gasteiger charge is 2.15. The van der Waals surface area contributed by atoms with Gasteiger partial charge in [-0.2, -0.15) is 0 Å². The SMILES string of the molecule is [B](CC(c1ccccc1)c1ccccc1)c1ncc[nH]1. The third-order valence-electron chi connectivity index (χ3n) is 3.47. The summed E-state index contributed by atoms with van der Waals surface area (Å²) in [5, 5.41) is 0. The lowest BCUT2D eigenvalue weighted by Gasteiger charge is -2.17. The van der Waals surface area contributed by atoms with E-state index in [0.29, 0.717) is 5.92 Å². The van der Waals surface area contributed by atoms with Gasteiger partial charge in [0.25, 0.3) is 0 Å². The van der Waals surface area contributed by atoms with Crippen LogP contribution in [0, 0.1) is 0 Å². The van der Waals surface area contributed by atoms with Crippen molar-refractivity contribution in [2.45, 2.75) is 12.2 Å². The molecule has 0 unspecified atom stereocenters. The van der Waals surface area contributed by atoms with E-state index in [1.54, 1.807) is 6.20 Å². The maximum atomic E-state index is 4.26. The molecule has 0 fully saturated rings. The second kappa shape index (κ2) is 6.24. The van der Waals surface area contributed by atoms with Gasteiger partial charge in [0.15, 0.2) is 0 Å². The average Bonchev–Trinajstić information content (AvgIpc) is 3.03. The molecule has 3 aromatic rings. The molecule has 3 heteroatoms. The number of imidazole rings is 1. The van der Waals surface area contributed by atoms with Crippen LogP contribution in [0.25, 0.3) is 0 Å². The van der Waals surface area contributed by atoms with Crippen molar-refractivity contribution in [1.82, 2.24) is 9.97 Å². The van der Waals surface area contributed by atoms with Crippen LogP contribution in [-0.2, 0) is 0 Å². The molecule has 97 valence electrons. The van der Waals surface area contributed by atoms with Crippen LogP contribution in [-0.4, -0.2) is 17.2 Å². The molecule has 3 rings (SSSR count). The van der Waals surface area contributed by atoms with Crippen LogP contribution < -0.4 is 5.72 Å². The van der Waals surface area contributed by atoms with Crippen LogP contribution in [0.4, 0.5) is 0 Å². The highest BCUT2D eigenvalue weighted by molar-refractivity contribution is 6.51. The largest absolute Gasteiger partial charge is 0.357 e. The highest BCUT2D eigenvalue weighted by Crippen LogP contribution is 2.27. The van der Waals surface area contributed by atoms with E-state index in [4.69, 9.17) is 0 Å². The Kier molecular flexibility index (Phi) is 3.97. The number of aromatic amines is 1. The molecule has 2 nitrogen and oxygen atoms in total. The van der Waals surface area contributed by atoms with Gasteiger partial charge < -0.3 is 4.98 Å². The molecular formula is C17H16BN2. The summed E-state index contributed by atoms with van der Waals surface area (Å²) in [6.07, 6.45) is 4.57. The molecule has 0 aliphatic rings. The van der Waals surface area contributed by atoms with Crippen LogP contribution in [0.3, 0.4) is 0 Å². The number of H-pyrrole nitrogens is 1. The van der Waals surface area contributed by atoms with Crippen molar-refractivity contribution >= 4 is 13.0 Å². The monoisotopic (exact) mass is 259 g/mol. The zero-order valence-electron chi connectivity index (χ0n) is 11.2. The molecule has 0 bridgehead atoms. The van der Waals surface area contributed by atoms with Gasteiger partial charge in [-0.1, -0.05) is 67.0 Å². The molecule has 1 N–H and O–H groups in total. The number of benzene rings is 2. The predicted octanol–water partition coefficient (Wildman–Crippen LogP) is 2.99. The Morgan fingerprint density at radius 1 is 0.900 bits per heavy atom. The van der Waals surface area contributed by atoms with E-state index in [-0.39, 0.29) is 0 Å². The highest BCUT2D eigenvalue weighted by atomic mass is 14.9. The fourth-order valence-corrected chi connectivity index (χ4v) is 2.45. The summed E-state index contributed by atoms with van der Waals surface area (Å²) >= 11 is 0. The van der Waals surface area contributed by atoms with Crippen LogP contribution in [0.5, 0.6) is 0 Å². The lowest BCUT2D eigenvalue weighted by Crippen LogP contribution is -2.20. The van der Waals surface area contributed by atoms with Gasteiger partial charge in [0.2, 0.25) is 7.28 Å². The minimum Gasteiger partial charge on any atom is -0.357 e. The first kappa shape index (κ1) is 12.7. The Morgan fingerprint density at radius 3 is 2.00 bits per heavy atom. The van der Waals surface area contributed by atoms with Crippen molar-refractivity contribution < 1.29 is 0 Å². The number of hydrogen-bond acceptors (Lipinski definition) is 1. The Hall–Kier alpha value is -2.29. The number of nitrogens with one attached hydrogen (secondary N) is 1. The van der Waals surface area contributed by atoms with Crippen molar-refractivity contribution in [2.75, 3.05) is 0 Å². The summed E-state index contributed by atoms with van der Waals surface area (Å²) in [6.45, 7) is 0. The maximum Gasteiger partial charge on any atom is 0.202 e. The Labute approximate surface area is 120 Å². The Morgan fingerprint density at radius 2 is 1.50 bits per heavy atom. The van der Waals surface area contributed by atoms with Gasteiger partial charge in [-0.25, -0.2) is 0 Å². The Balaban J connectivity index is 1.84. The van der Waals surface area contributed by atoms with Crippen molar-refractivity contribution in [3.8, 4) is 0 Å². The van der Waals surface area contributed by atoms with E-state index in [9.17, 15) is 0 Å². The van der Waals surface area contributed by atoms with Crippen molar-refractivity contribution in [3.05, 3.63) is 84.2 Å². The van der Waals surface area contributed by atoms with E-state index in [1.165, 1.54) is 11.1 Å². The van der Waals surface area contributed by atoms with Gasteiger partial charge in [-0.15, -0.1) is 0 Å². The van der Waals surface area contributed by atoms with E-state index in [0.717, 1.165) is 12.0 Å². The summed E-state index contributed by atoms with van der Waals surface area (Å²) in [6, 6.07) is 21.2. The summed E-state index contributed by atoms with van der Waals surface area (Å²) < 4.78 is 0. The number of rotatable bonds is 5. The molecule has 2 aromatic carbocycles. The van der Waals surface area contributed by atoms with Crippen LogP contribution in [0.15, 0.2) is 73.1 Å². The van der Waals surface area contributed by atoms with E-state index < -0.39 is 0 Å². The summed E-state index contributed by atoms with van der Waals surface area (Å²) in [7, 11) is 2.16. The summed E-state index contributed by atoms with van der Waals surface area (Å²) in [5.41, 5.74) is 3.60. The van der Waals surface area contributed by atoms with Crippen molar-refractivity contribution in [3.63, 3.8) is 0 Å². The minimum absolute atomic E-state index is 0.363. The molecule has 0 saturated heterocycles. The first-order valence-corrected chi connectivity index (χ1v) is 6.86. The topological polar surface area (TPSA) is 28.7 Å². The average molecular weight is 259 g/mol. The molecule has 1 radical (unpaired) electrons. The third kappa shape index (κ3) is 2.99. The quantitative estimate of drug-likeness (QED) is 0.701. The molecule has 0 spiro atoms. The first-order valence-electron chi connectivity index (χ1n) is 6.86. The van der Waals surface area contributed by atoms with Crippen molar-refractivity contribution in [2.24, 2.45) is 0 Å². The molecule has 0 atom stereocenters. The molecule has 1 aromatic heterocycles. The maximum absolute atomic E-state index is 4.26. The summed E-state index contributed by atoms with van der Waals surface area (Å²) in [5.74, 6) is 0.363. The van der Waals surface area contributed by atoms with Crippen LogP contribution in [0.1, 0.15) is 17.0 Å². The lowest BCUT2D eigenvalue weighted by molar-refractivity contribution is 0.914. The van der Waals surface area contributed by atoms with E-state index in [1.807, 2.05) is 6.20 Å². The van der Waals surface area contributed by atoms with Gasteiger partial charge in [0.05, 0.1) is 5.72 Å². The second-order valence-electron chi connectivity index (χ2n) is 4.79.